The SMILES string of the molecule is C#CCC(N)c1cnn(C)n1. The zero-order chi connectivity index (χ0) is 8.27. The Morgan fingerprint density at radius 3 is 3.09 bits per heavy atom. The van der Waals surface area contributed by atoms with Crippen LogP contribution in [0.1, 0.15) is 18.2 Å². The zero-order valence-electron chi connectivity index (χ0n) is 6.36. The smallest absolute Gasteiger partial charge is 0.100 e. The molecule has 1 rings (SSSR count). The summed E-state index contributed by atoms with van der Waals surface area (Å²) in [6.07, 6.45) is 7.21. The largest absolute Gasteiger partial charge is 0.322 e. The first-order valence-corrected chi connectivity index (χ1v) is 3.29. The quantitative estimate of drug-likeness (QED) is 0.596. The van der Waals surface area contributed by atoms with E-state index in [2.05, 4.69) is 16.1 Å². The van der Waals surface area contributed by atoms with Crippen molar-refractivity contribution in [3.8, 4) is 12.3 Å². The van der Waals surface area contributed by atoms with E-state index in [1.54, 1.807) is 13.2 Å². The van der Waals surface area contributed by atoms with Gasteiger partial charge in [-0.3, -0.25) is 0 Å². The van der Waals surface area contributed by atoms with Crippen molar-refractivity contribution in [1.29, 1.82) is 0 Å². The average Bonchev–Trinajstić information content (AvgIpc) is 2.36. The minimum absolute atomic E-state index is 0.186. The molecule has 4 heteroatoms. The highest BCUT2D eigenvalue weighted by Crippen LogP contribution is 2.07. The first kappa shape index (κ1) is 7.76. The molecule has 1 aromatic heterocycles. The normalized spacial score (nSPS) is 12.5. The van der Waals surface area contributed by atoms with E-state index >= 15 is 0 Å². The molecule has 1 unspecified atom stereocenters. The predicted octanol–water partition coefficient (Wildman–Crippen LogP) is -0.162. The summed E-state index contributed by atoms with van der Waals surface area (Å²) in [7, 11) is 1.74. The van der Waals surface area contributed by atoms with Crippen LogP contribution in [0.15, 0.2) is 6.20 Å². The third kappa shape index (κ3) is 1.79. The van der Waals surface area contributed by atoms with E-state index in [1.165, 1.54) is 4.80 Å². The molecule has 1 aromatic rings. The van der Waals surface area contributed by atoms with Crippen LogP contribution in [-0.2, 0) is 7.05 Å². The predicted molar refractivity (Wildman–Crippen MR) is 41.4 cm³/mol. The summed E-state index contributed by atoms with van der Waals surface area (Å²) in [4.78, 5) is 1.46. The third-order valence-corrected chi connectivity index (χ3v) is 1.33. The van der Waals surface area contributed by atoms with Crippen LogP contribution in [0.3, 0.4) is 0 Å². The number of nitrogens with two attached hydrogens (primary N) is 1. The van der Waals surface area contributed by atoms with Crippen molar-refractivity contribution >= 4 is 0 Å². The molecule has 58 valence electrons. The molecule has 0 aliphatic carbocycles. The second-order valence-electron chi connectivity index (χ2n) is 2.27. The van der Waals surface area contributed by atoms with Crippen LogP contribution in [0.25, 0.3) is 0 Å². The van der Waals surface area contributed by atoms with E-state index in [0.717, 1.165) is 5.69 Å². The van der Waals surface area contributed by atoms with E-state index in [4.69, 9.17) is 12.2 Å². The second-order valence-corrected chi connectivity index (χ2v) is 2.27. The molecular formula is C7H10N4. The molecule has 0 amide bonds. The third-order valence-electron chi connectivity index (χ3n) is 1.33. The number of aryl methyl sites for hydroxylation is 1. The Bertz CT molecular complexity index is 270. The van der Waals surface area contributed by atoms with Crippen LogP contribution >= 0.6 is 0 Å². The van der Waals surface area contributed by atoms with Crippen molar-refractivity contribution in [1.82, 2.24) is 15.0 Å². The molecule has 0 bridgehead atoms. The molecule has 0 fully saturated rings. The van der Waals surface area contributed by atoms with Gasteiger partial charge in [-0.15, -0.1) is 12.3 Å². The number of hydrogen-bond acceptors (Lipinski definition) is 3. The number of terminal acetylenes is 1. The Kier molecular flexibility index (Phi) is 2.24. The van der Waals surface area contributed by atoms with Gasteiger partial charge in [-0.2, -0.15) is 15.0 Å². The van der Waals surface area contributed by atoms with E-state index in [0.29, 0.717) is 6.42 Å². The number of hydrogen-bond donors (Lipinski definition) is 1. The summed E-state index contributed by atoms with van der Waals surface area (Å²) in [5.74, 6) is 2.47. The summed E-state index contributed by atoms with van der Waals surface area (Å²) in [5, 5.41) is 7.89. The topological polar surface area (TPSA) is 56.7 Å². The zero-order valence-corrected chi connectivity index (χ0v) is 6.36. The van der Waals surface area contributed by atoms with Gasteiger partial charge < -0.3 is 5.73 Å². The van der Waals surface area contributed by atoms with Gasteiger partial charge in [-0.05, 0) is 0 Å². The second kappa shape index (κ2) is 3.17. The number of rotatable bonds is 2. The monoisotopic (exact) mass is 150 g/mol. The van der Waals surface area contributed by atoms with Crippen molar-refractivity contribution in [2.45, 2.75) is 12.5 Å². The summed E-state index contributed by atoms with van der Waals surface area (Å²) >= 11 is 0. The summed E-state index contributed by atoms with van der Waals surface area (Å²) in [6.45, 7) is 0. The molecule has 0 saturated heterocycles. The van der Waals surface area contributed by atoms with Gasteiger partial charge in [0.2, 0.25) is 0 Å². The molecule has 0 aliphatic heterocycles. The van der Waals surface area contributed by atoms with Gasteiger partial charge in [-0.25, -0.2) is 0 Å². The van der Waals surface area contributed by atoms with Crippen LogP contribution in [0.2, 0.25) is 0 Å². The molecule has 11 heavy (non-hydrogen) atoms. The van der Waals surface area contributed by atoms with E-state index < -0.39 is 0 Å². The fraction of sp³-hybridized carbons (Fsp3) is 0.429. The Morgan fingerprint density at radius 1 is 1.91 bits per heavy atom. The highest BCUT2D eigenvalue weighted by Gasteiger charge is 2.06. The van der Waals surface area contributed by atoms with Crippen LogP contribution in [0, 0.1) is 12.3 Å². The number of nitrogens with zero attached hydrogens (tertiary/aromatic N) is 3. The Hall–Kier alpha value is -1.34. The van der Waals surface area contributed by atoms with Gasteiger partial charge >= 0.3 is 0 Å². The van der Waals surface area contributed by atoms with Crippen molar-refractivity contribution in [3.05, 3.63) is 11.9 Å². The van der Waals surface area contributed by atoms with Crippen molar-refractivity contribution in [3.63, 3.8) is 0 Å². The van der Waals surface area contributed by atoms with Crippen LogP contribution in [-0.4, -0.2) is 15.0 Å². The van der Waals surface area contributed by atoms with Crippen LogP contribution in [0.4, 0.5) is 0 Å². The minimum atomic E-state index is -0.186. The minimum Gasteiger partial charge on any atom is -0.322 e. The fourth-order valence-electron chi connectivity index (χ4n) is 0.763. The maximum absolute atomic E-state index is 5.66. The standard InChI is InChI=1S/C7H10N4/c1-3-4-6(8)7-5-9-11(2)10-7/h1,5-6H,4,8H2,2H3. The van der Waals surface area contributed by atoms with Gasteiger partial charge in [0.05, 0.1) is 12.2 Å². The van der Waals surface area contributed by atoms with Gasteiger partial charge in [0.25, 0.3) is 0 Å². The molecule has 0 spiro atoms. The molecule has 0 aromatic carbocycles. The Morgan fingerprint density at radius 2 is 2.64 bits per heavy atom. The molecule has 0 saturated carbocycles. The highest BCUT2D eigenvalue weighted by atomic mass is 15.4. The van der Waals surface area contributed by atoms with Crippen LogP contribution < -0.4 is 5.73 Å². The van der Waals surface area contributed by atoms with E-state index in [1.807, 2.05) is 0 Å². The van der Waals surface area contributed by atoms with Crippen molar-refractivity contribution in [2.75, 3.05) is 0 Å². The van der Waals surface area contributed by atoms with Crippen molar-refractivity contribution < 1.29 is 0 Å². The summed E-state index contributed by atoms with van der Waals surface area (Å²) in [5.41, 5.74) is 6.40. The molecular weight excluding hydrogens is 140 g/mol. The number of aromatic nitrogens is 3. The lowest BCUT2D eigenvalue weighted by molar-refractivity contribution is 0.624. The highest BCUT2D eigenvalue weighted by molar-refractivity contribution is 5.03. The molecule has 4 nitrogen and oxygen atoms in total. The lowest BCUT2D eigenvalue weighted by Gasteiger charge is -2.00. The van der Waals surface area contributed by atoms with Gasteiger partial charge in [-0.1, -0.05) is 0 Å². The van der Waals surface area contributed by atoms with Crippen molar-refractivity contribution in [2.24, 2.45) is 12.8 Å². The van der Waals surface area contributed by atoms with E-state index in [9.17, 15) is 0 Å². The maximum atomic E-state index is 5.66. The van der Waals surface area contributed by atoms with Gasteiger partial charge in [0.15, 0.2) is 0 Å². The first-order chi connectivity index (χ1) is 5.24. The molecule has 0 aliphatic rings. The molecule has 1 heterocycles. The molecule has 0 radical (unpaired) electrons. The first-order valence-electron chi connectivity index (χ1n) is 3.29. The van der Waals surface area contributed by atoms with Gasteiger partial charge in [0, 0.05) is 13.5 Å². The summed E-state index contributed by atoms with van der Waals surface area (Å²) in [6, 6.07) is -0.186. The fourth-order valence-corrected chi connectivity index (χ4v) is 0.763. The maximum Gasteiger partial charge on any atom is 0.100 e. The Labute approximate surface area is 65.4 Å². The van der Waals surface area contributed by atoms with Crippen LogP contribution in [0.5, 0.6) is 0 Å². The van der Waals surface area contributed by atoms with E-state index in [-0.39, 0.29) is 6.04 Å². The lowest BCUT2D eigenvalue weighted by atomic mass is 10.2. The molecule has 2 N–H and O–H groups in total. The lowest BCUT2D eigenvalue weighted by Crippen LogP contribution is -2.10. The molecule has 1 atom stereocenters. The average molecular weight is 150 g/mol. The Balaban J connectivity index is 2.70. The van der Waals surface area contributed by atoms with Gasteiger partial charge in [0.1, 0.15) is 5.69 Å². The summed E-state index contributed by atoms with van der Waals surface area (Å²) < 4.78 is 0.